The second-order valence-corrected chi connectivity index (χ2v) is 5.01. The van der Waals surface area contributed by atoms with Crippen molar-refractivity contribution in [2.45, 2.75) is 19.4 Å². The molecule has 2 heteroatoms. The van der Waals surface area contributed by atoms with Gasteiger partial charge in [-0.3, -0.25) is 0 Å². The van der Waals surface area contributed by atoms with Crippen molar-refractivity contribution in [2.75, 3.05) is 18.1 Å². The first-order valence-corrected chi connectivity index (χ1v) is 6.43. The number of rotatable bonds is 3. The Labute approximate surface area is 90.3 Å². The highest BCUT2D eigenvalue weighted by atomic mass is 32.2. The monoisotopic (exact) mass is 207 g/mol. The van der Waals surface area contributed by atoms with Crippen LogP contribution in [0.4, 0.5) is 0 Å². The van der Waals surface area contributed by atoms with E-state index in [0.29, 0.717) is 5.92 Å². The molecule has 1 aromatic rings. The zero-order valence-electron chi connectivity index (χ0n) is 8.62. The van der Waals surface area contributed by atoms with Gasteiger partial charge in [0, 0.05) is 24.8 Å². The topological polar surface area (TPSA) is 12.0 Å². The van der Waals surface area contributed by atoms with Crippen molar-refractivity contribution in [2.24, 2.45) is 0 Å². The Balaban J connectivity index is 2.14. The number of benzene rings is 1. The van der Waals surface area contributed by atoms with Crippen LogP contribution >= 0.6 is 11.8 Å². The lowest BCUT2D eigenvalue weighted by Gasteiger charge is -2.25. The van der Waals surface area contributed by atoms with Crippen molar-refractivity contribution in [3.63, 3.8) is 0 Å². The molecule has 0 aromatic heterocycles. The van der Waals surface area contributed by atoms with Crippen LogP contribution in [0.3, 0.4) is 0 Å². The Kier molecular flexibility index (Phi) is 3.49. The number of hydrogen-bond acceptors (Lipinski definition) is 2. The molecule has 0 aliphatic carbocycles. The van der Waals surface area contributed by atoms with Gasteiger partial charge in [-0.15, -0.1) is 0 Å². The molecule has 1 aliphatic rings. The second kappa shape index (κ2) is 4.85. The van der Waals surface area contributed by atoms with E-state index in [4.69, 9.17) is 0 Å². The van der Waals surface area contributed by atoms with E-state index in [1.807, 2.05) is 11.8 Å². The molecule has 1 aromatic carbocycles. The van der Waals surface area contributed by atoms with E-state index in [0.717, 1.165) is 13.1 Å². The van der Waals surface area contributed by atoms with Crippen molar-refractivity contribution >= 4 is 11.8 Å². The van der Waals surface area contributed by atoms with Crippen LogP contribution in [-0.2, 0) is 6.54 Å². The molecule has 1 atom stereocenters. The van der Waals surface area contributed by atoms with E-state index in [1.54, 1.807) is 5.56 Å². The fourth-order valence-corrected chi connectivity index (χ4v) is 2.81. The fraction of sp³-hybridized carbons (Fsp3) is 0.500. The molecule has 0 fully saturated rings. The Morgan fingerprint density at radius 3 is 3.14 bits per heavy atom. The summed E-state index contributed by atoms with van der Waals surface area (Å²) in [5.41, 5.74) is 3.05. The molecule has 1 unspecified atom stereocenters. The molecule has 1 heterocycles. The zero-order valence-corrected chi connectivity index (χ0v) is 9.44. The van der Waals surface area contributed by atoms with E-state index in [-0.39, 0.29) is 0 Å². The van der Waals surface area contributed by atoms with Gasteiger partial charge in [-0.2, -0.15) is 11.8 Å². The zero-order chi connectivity index (χ0) is 9.80. The van der Waals surface area contributed by atoms with Gasteiger partial charge < -0.3 is 5.32 Å². The van der Waals surface area contributed by atoms with Gasteiger partial charge in [0.1, 0.15) is 0 Å². The van der Waals surface area contributed by atoms with Crippen LogP contribution in [0.5, 0.6) is 0 Å². The van der Waals surface area contributed by atoms with Gasteiger partial charge >= 0.3 is 0 Å². The van der Waals surface area contributed by atoms with Crippen LogP contribution < -0.4 is 5.32 Å². The van der Waals surface area contributed by atoms with Crippen molar-refractivity contribution in [1.29, 1.82) is 0 Å². The summed E-state index contributed by atoms with van der Waals surface area (Å²) in [5.74, 6) is 3.18. The maximum Gasteiger partial charge on any atom is 0.0208 e. The molecule has 0 radical (unpaired) electrons. The molecule has 0 bridgehead atoms. The predicted octanol–water partition coefficient (Wildman–Crippen LogP) is 2.63. The molecule has 0 spiro atoms. The minimum absolute atomic E-state index is 0.713. The van der Waals surface area contributed by atoms with Gasteiger partial charge in [0.2, 0.25) is 0 Å². The minimum Gasteiger partial charge on any atom is -0.312 e. The van der Waals surface area contributed by atoms with Gasteiger partial charge in [0.15, 0.2) is 0 Å². The van der Waals surface area contributed by atoms with E-state index in [1.165, 1.54) is 17.1 Å². The lowest BCUT2D eigenvalue weighted by atomic mass is 9.92. The molecular formula is C12H17NS. The molecule has 0 saturated carbocycles. The van der Waals surface area contributed by atoms with Crippen LogP contribution in [0.2, 0.25) is 0 Å². The quantitative estimate of drug-likeness (QED) is 0.817. The summed E-state index contributed by atoms with van der Waals surface area (Å²) in [6.45, 7) is 4.42. The van der Waals surface area contributed by atoms with E-state index >= 15 is 0 Å². The maximum atomic E-state index is 3.49. The Bertz CT molecular complexity index is 298. The van der Waals surface area contributed by atoms with Crippen molar-refractivity contribution in [3.8, 4) is 0 Å². The molecule has 0 amide bonds. The summed E-state index contributed by atoms with van der Waals surface area (Å²) in [4.78, 5) is 0. The lowest BCUT2D eigenvalue weighted by Crippen LogP contribution is -2.29. The SMILES string of the molecule is CCSCC1CNCc2ccccc21. The Morgan fingerprint density at radius 2 is 2.29 bits per heavy atom. The van der Waals surface area contributed by atoms with Gasteiger partial charge in [0.25, 0.3) is 0 Å². The van der Waals surface area contributed by atoms with Crippen molar-refractivity contribution in [3.05, 3.63) is 35.4 Å². The fourth-order valence-electron chi connectivity index (χ4n) is 1.99. The molecule has 0 saturated heterocycles. The molecule has 1 nitrogen and oxygen atoms in total. The van der Waals surface area contributed by atoms with Gasteiger partial charge in [-0.1, -0.05) is 31.2 Å². The third kappa shape index (κ3) is 2.12. The van der Waals surface area contributed by atoms with Gasteiger partial charge in [0.05, 0.1) is 0 Å². The predicted molar refractivity (Wildman–Crippen MR) is 63.9 cm³/mol. The second-order valence-electron chi connectivity index (χ2n) is 3.69. The van der Waals surface area contributed by atoms with E-state index in [2.05, 4.69) is 36.5 Å². The summed E-state index contributed by atoms with van der Waals surface area (Å²) in [6.07, 6.45) is 0. The number of thioether (sulfide) groups is 1. The molecule has 1 N–H and O–H groups in total. The molecular weight excluding hydrogens is 190 g/mol. The first-order valence-electron chi connectivity index (χ1n) is 5.28. The third-order valence-electron chi connectivity index (χ3n) is 2.72. The highest BCUT2D eigenvalue weighted by Gasteiger charge is 2.18. The molecule has 2 rings (SSSR count). The minimum atomic E-state index is 0.713. The van der Waals surface area contributed by atoms with Crippen LogP contribution in [0.25, 0.3) is 0 Å². The average molecular weight is 207 g/mol. The van der Waals surface area contributed by atoms with Gasteiger partial charge in [-0.05, 0) is 16.9 Å². The van der Waals surface area contributed by atoms with Crippen LogP contribution in [0, 0.1) is 0 Å². The normalized spacial score (nSPS) is 20.5. The summed E-state index contributed by atoms with van der Waals surface area (Å²) in [7, 11) is 0. The summed E-state index contributed by atoms with van der Waals surface area (Å²) < 4.78 is 0. The summed E-state index contributed by atoms with van der Waals surface area (Å²) in [5, 5.41) is 3.49. The smallest absolute Gasteiger partial charge is 0.0208 e. The first-order chi connectivity index (χ1) is 6.92. The third-order valence-corrected chi connectivity index (χ3v) is 3.77. The standard InChI is InChI=1S/C12H17NS/c1-2-14-9-11-8-13-7-10-5-3-4-6-12(10)11/h3-6,11,13H,2,7-9H2,1H3. The van der Waals surface area contributed by atoms with Crippen molar-refractivity contribution < 1.29 is 0 Å². The first kappa shape index (κ1) is 10.1. The average Bonchev–Trinajstić information content (AvgIpc) is 2.26. The molecule has 76 valence electrons. The van der Waals surface area contributed by atoms with Crippen LogP contribution in [-0.4, -0.2) is 18.1 Å². The summed E-state index contributed by atoms with van der Waals surface area (Å²) in [6, 6.07) is 8.83. The lowest BCUT2D eigenvalue weighted by molar-refractivity contribution is 0.576. The largest absolute Gasteiger partial charge is 0.312 e. The summed E-state index contributed by atoms with van der Waals surface area (Å²) >= 11 is 2.04. The molecule has 14 heavy (non-hydrogen) atoms. The van der Waals surface area contributed by atoms with Crippen molar-refractivity contribution in [1.82, 2.24) is 5.32 Å². The van der Waals surface area contributed by atoms with Gasteiger partial charge in [-0.25, -0.2) is 0 Å². The van der Waals surface area contributed by atoms with E-state index in [9.17, 15) is 0 Å². The van der Waals surface area contributed by atoms with Crippen LogP contribution in [0.15, 0.2) is 24.3 Å². The number of hydrogen-bond donors (Lipinski definition) is 1. The highest BCUT2D eigenvalue weighted by molar-refractivity contribution is 7.99. The maximum absolute atomic E-state index is 3.49. The number of nitrogens with one attached hydrogen (secondary N) is 1. The number of fused-ring (bicyclic) bond motifs is 1. The Morgan fingerprint density at radius 1 is 1.43 bits per heavy atom. The van der Waals surface area contributed by atoms with E-state index < -0.39 is 0 Å². The molecule has 1 aliphatic heterocycles. The highest BCUT2D eigenvalue weighted by Crippen LogP contribution is 2.26. The van der Waals surface area contributed by atoms with Crippen LogP contribution in [0.1, 0.15) is 24.0 Å². The Hall–Kier alpha value is -0.470.